The van der Waals surface area contributed by atoms with Gasteiger partial charge in [0.15, 0.2) is 12.3 Å². The maximum atomic E-state index is 12.4. The number of fused-ring (bicyclic) bond motifs is 1. The van der Waals surface area contributed by atoms with Crippen molar-refractivity contribution >= 4 is 39.8 Å². The molecule has 9 nitrogen and oxygen atoms in total. The van der Waals surface area contributed by atoms with E-state index >= 15 is 0 Å². The molecular formula is C20H22N4O5S. The van der Waals surface area contributed by atoms with Crippen LogP contribution in [-0.4, -0.2) is 45.7 Å². The number of carbonyl (C=O) groups is 3. The number of nitrogens with one attached hydrogen (secondary N) is 1. The lowest BCUT2D eigenvalue weighted by molar-refractivity contribution is -0.119. The average Bonchev–Trinajstić information content (AvgIpc) is 3.25. The minimum absolute atomic E-state index is 0.234. The Balaban J connectivity index is 1.69. The molecule has 3 rings (SSSR count). The number of rotatable bonds is 7. The lowest BCUT2D eigenvalue weighted by atomic mass is 10.1. The highest BCUT2D eigenvalue weighted by Gasteiger charge is 2.24. The third-order valence-corrected chi connectivity index (χ3v) is 5.50. The van der Waals surface area contributed by atoms with Gasteiger partial charge in [-0.25, -0.2) is 9.59 Å². The smallest absolute Gasteiger partial charge is 0.341 e. The van der Waals surface area contributed by atoms with Gasteiger partial charge in [0, 0.05) is 11.1 Å². The van der Waals surface area contributed by atoms with Crippen LogP contribution in [0, 0.1) is 13.8 Å². The maximum absolute atomic E-state index is 12.4. The highest BCUT2D eigenvalue weighted by Crippen LogP contribution is 2.34. The zero-order chi connectivity index (χ0) is 21.8. The molecule has 30 heavy (non-hydrogen) atoms. The molecule has 3 aromatic rings. The van der Waals surface area contributed by atoms with Gasteiger partial charge in [-0.1, -0.05) is 6.92 Å². The fourth-order valence-electron chi connectivity index (χ4n) is 3.01. The van der Waals surface area contributed by atoms with Crippen LogP contribution in [0.15, 0.2) is 18.3 Å². The standard InChI is InChI=1S/C20H22N4O5S/c1-5-14-11(3)30-18(17(14)20(27)28-6-2)21-16(25)10-29-19(26)13-7-8-15-23-22-12(4)24(15)9-13/h7-9H,5-6,10H2,1-4H3,(H,21,25). The lowest BCUT2D eigenvalue weighted by Crippen LogP contribution is -2.22. The van der Waals surface area contributed by atoms with Gasteiger partial charge in [0.1, 0.15) is 10.8 Å². The Morgan fingerprint density at radius 2 is 1.87 bits per heavy atom. The molecule has 0 aliphatic carbocycles. The van der Waals surface area contributed by atoms with Crippen LogP contribution in [-0.2, 0) is 20.7 Å². The number of ether oxygens (including phenoxy) is 2. The summed E-state index contributed by atoms with van der Waals surface area (Å²) in [4.78, 5) is 37.9. The third-order valence-electron chi connectivity index (χ3n) is 4.44. The maximum Gasteiger partial charge on any atom is 0.341 e. The van der Waals surface area contributed by atoms with Gasteiger partial charge in [0.05, 0.1) is 17.7 Å². The largest absolute Gasteiger partial charge is 0.462 e. The summed E-state index contributed by atoms with van der Waals surface area (Å²) in [5.74, 6) is -1.05. The van der Waals surface area contributed by atoms with Crippen LogP contribution >= 0.6 is 11.3 Å². The van der Waals surface area contributed by atoms with Gasteiger partial charge in [-0.05, 0) is 44.9 Å². The molecule has 3 aromatic heterocycles. The van der Waals surface area contributed by atoms with Crippen LogP contribution in [0.25, 0.3) is 5.65 Å². The molecule has 0 fully saturated rings. The van der Waals surface area contributed by atoms with Crippen molar-refractivity contribution in [2.45, 2.75) is 34.1 Å². The fourth-order valence-corrected chi connectivity index (χ4v) is 4.16. The van der Waals surface area contributed by atoms with E-state index < -0.39 is 24.5 Å². The van der Waals surface area contributed by atoms with Crippen molar-refractivity contribution in [3.8, 4) is 0 Å². The number of hydrogen-bond donors (Lipinski definition) is 1. The molecule has 1 N–H and O–H groups in total. The summed E-state index contributed by atoms with van der Waals surface area (Å²) < 4.78 is 11.9. The Morgan fingerprint density at radius 3 is 2.57 bits per heavy atom. The molecule has 0 aliphatic heterocycles. The predicted molar refractivity (Wildman–Crippen MR) is 111 cm³/mol. The SMILES string of the molecule is CCOC(=O)c1c(NC(=O)COC(=O)c2ccc3nnc(C)n3c2)sc(C)c1CC. The van der Waals surface area contributed by atoms with E-state index in [1.165, 1.54) is 11.3 Å². The number of nitrogens with zero attached hydrogens (tertiary/aromatic N) is 3. The monoisotopic (exact) mass is 430 g/mol. The number of carbonyl (C=O) groups excluding carboxylic acids is 3. The molecule has 0 radical (unpaired) electrons. The van der Waals surface area contributed by atoms with E-state index in [4.69, 9.17) is 9.47 Å². The topological polar surface area (TPSA) is 112 Å². The number of pyridine rings is 1. The highest BCUT2D eigenvalue weighted by atomic mass is 32.1. The average molecular weight is 430 g/mol. The van der Waals surface area contributed by atoms with Crippen molar-refractivity contribution in [3.05, 3.63) is 45.7 Å². The van der Waals surface area contributed by atoms with Crippen LogP contribution in [0.5, 0.6) is 0 Å². The zero-order valence-corrected chi connectivity index (χ0v) is 18.0. The molecule has 0 aliphatic rings. The van der Waals surface area contributed by atoms with Crippen LogP contribution < -0.4 is 5.32 Å². The van der Waals surface area contributed by atoms with E-state index in [9.17, 15) is 14.4 Å². The number of thiophene rings is 1. The summed E-state index contributed by atoms with van der Waals surface area (Å²) in [6.45, 7) is 7.04. The van der Waals surface area contributed by atoms with Crippen LogP contribution in [0.3, 0.4) is 0 Å². The van der Waals surface area contributed by atoms with E-state index in [1.54, 1.807) is 36.6 Å². The first-order valence-corrected chi connectivity index (χ1v) is 10.2. The molecule has 0 saturated carbocycles. The Kier molecular flexibility index (Phi) is 6.46. The number of aryl methyl sites for hydroxylation is 2. The molecule has 10 heteroatoms. The number of esters is 2. The highest BCUT2D eigenvalue weighted by molar-refractivity contribution is 7.16. The van der Waals surface area contributed by atoms with E-state index in [1.807, 2.05) is 13.8 Å². The Hall–Kier alpha value is -3.27. The fraction of sp³-hybridized carbons (Fsp3) is 0.350. The summed E-state index contributed by atoms with van der Waals surface area (Å²) in [6.07, 6.45) is 2.19. The van der Waals surface area contributed by atoms with Gasteiger partial charge >= 0.3 is 11.9 Å². The number of anilines is 1. The number of amides is 1. The predicted octanol–water partition coefficient (Wildman–Crippen LogP) is 2.94. The van der Waals surface area contributed by atoms with Gasteiger partial charge < -0.3 is 14.8 Å². The molecule has 0 unspecified atom stereocenters. The first-order valence-electron chi connectivity index (χ1n) is 9.43. The normalized spacial score (nSPS) is 10.8. The third kappa shape index (κ3) is 4.33. The second kappa shape index (κ2) is 9.04. The summed E-state index contributed by atoms with van der Waals surface area (Å²) in [6, 6.07) is 3.20. The summed E-state index contributed by atoms with van der Waals surface area (Å²) >= 11 is 1.29. The van der Waals surface area contributed by atoms with Crippen molar-refractivity contribution in [2.75, 3.05) is 18.5 Å². The van der Waals surface area contributed by atoms with E-state index in [2.05, 4.69) is 15.5 Å². The quantitative estimate of drug-likeness (QED) is 0.574. The molecule has 3 heterocycles. The van der Waals surface area contributed by atoms with Crippen LogP contribution in [0.4, 0.5) is 5.00 Å². The van der Waals surface area contributed by atoms with Crippen molar-refractivity contribution in [3.63, 3.8) is 0 Å². The lowest BCUT2D eigenvalue weighted by Gasteiger charge is -2.09. The molecule has 1 amide bonds. The minimum atomic E-state index is -0.651. The summed E-state index contributed by atoms with van der Waals surface area (Å²) in [7, 11) is 0. The van der Waals surface area contributed by atoms with Gasteiger partial charge in [0.2, 0.25) is 0 Å². The Bertz CT molecular complexity index is 1120. The first-order chi connectivity index (χ1) is 14.3. The van der Waals surface area contributed by atoms with Gasteiger partial charge in [-0.3, -0.25) is 9.20 Å². The van der Waals surface area contributed by atoms with Gasteiger partial charge in [-0.15, -0.1) is 21.5 Å². The van der Waals surface area contributed by atoms with Crippen molar-refractivity contribution in [2.24, 2.45) is 0 Å². The zero-order valence-electron chi connectivity index (χ0n) is 17.1. The Morgan fingerprint density at radius 1 is 1.10 bits per heavy atom. The van der Waals surface area contributed by atoms with Crippen molar-refractivity contribution in [1.29, 1.82) is 0 Å². The van der Waals surface area contributed by atoms with Crippen molar-refractivity contribution < 1.29 is 23.9 Å². The Labute approximate surface area is 177 Å². The second-order valence-electron chi connectivity index (χ2n) is 6.43. The molecule has 0 spiro atoms. The molecule has 0 aromatic carbocycles. The molecule has 0 atom stereocenters. The van der Waals surface area contributed by atoms with Crippen LogP contribution in [0.1, 0.15) is 50.8 Å². The molecule has 0 saturated heterocycles. The van der Waals surface area contributed by atoms with Crippen LogP contribution in [0.2, 0.25) is 0 Å². The minimum Gasteiger partial charge on any atom is -0.462 e. The van der Waals surface area contributed by atoms with E-state index in [-0.39, 0.29) is 12.2 Å². The summed E-state index contributed by atoms with van der Waals surface area (Å²) in [5.41, 5.74) is 2.07. The number of hydrogen-bond acceptors (Lipinski definition) is 8. The molecular weight excluding hydrogens is 408 g/mol. The number of aromatic nitrogens is 3. The molecule has 0 bridgehead atoms. The second-order valence-corrected chi connectivity index (χ2v) is 7.66. The van der Waals surface area contributed by atoms with Gasteiger partial charge in [-0.2, -0.15) is 0 Å². The van der Waals surface area contributed by atoms with Crippen molar-refractivity contribution in [1.82, 2.24) is 14.6 Å². The van der Waals surface area contributed by atoms with Gasteiger partial charge in [0.25, 0.3) is 5.91 Å². The first kappa shape index (κ1) is 21.4. The van der Waals surface area contributed by atoms with E-state index in [0.29, 0.717) is 28.5 Å². The molecule has 158 valence electrons. The summed E-state index contributed by atoms with van der Waals surface area (Å²) in [5, 5.41) is 10.9. The van der Waals surface area contributed by atoms with E-state index in [0.717, 1.165) is 10.4 Å².